The van der Waals surface area contributed by atoms with Gasteiger partial charge in [0.05, 0.1) is 11.1 Å². The van der Waals surface area contributed by atoms with E-state index in [0.717, 1.165) is 11.6 Å². The van der Waals surface area contributed by atoms with E-state index < -0.39 is 11.7 Å². The Morgan fingerprint density at radius 1 is 1.00 bits per heavy atom. The lowest BCUT2D eigenvalue weighted by Gasteiger charge is -2.13. The summed E-state index contributed by atoms with van der Waals surface area (Å²) in [6.07, 6.45) is -3.10. The Balaban J connectivity index is 2.35. The average Bonchev–Trinajstić information content (AvgIpc) is 2.47. The van der Waals surface area contributed by atoms with E-state index in [4.69, 9.17) is 0 Å². The maximum Gasteiger partial charge on any atom is 0.418 e. The lowest BCUT2D eigenvalue weighted by Crippen LogP contribution is -2.06. The van der Waals surface area contributed by atoms with E-state index in [9.17, 15) is 18.3 Å². The van der Waals surface area contributed by atoms with Gasteiger partial charge in [0.2, 0.25) is 0 Å². The number of para-hydroxylation sites is 1. The van der Waals surface area contributed by atoms with Gasteiger partial charge in [-0.15, -0.1) is 0 Å². The van der Waals surface area contributed by atoms with Gasteiger partial charge < -0.3 is 5.11 Å². The van der Waals surface area contributed by atoms with Crippen molar-refractivity contribution in [2.45, 2.75) is 13.1 Å². The molecule has 0 saturated carbocycles. The van der Waals surface area contributed by atoms with Crippen LogP contribution in [0.1, 0.15) is 11.1 Å². The lowest BCUT2D eigenvalue weighted by atomic mass is 9.96. The molecule has 0 aliphatic rings. The van der Waals surface area contributed by atoms with Crippen LogP contribution in [0, 0.1) is 6.92 Å². The maximum atomic E-state index is 13.1. The van der Waals surface area contributed by atoms with Gasteiger partial charge in [-0.2, -0.15) is 13.2 Å². The molecule has 0 aliphatic carbocycles. The van der Waals surface area contributed by atoms with Crippen LogP contribution in [-0.4, -0.2) is 10.1 Å². The molecule has 0 bridgehead atoms. The van der Waals surface area contributed by atoms with Crippen molar-refractivity contribution in [1.82, 2.24) is 4.98 Å². The van der Waals surface area contributed by atoms with Gasteiger partial charge >= 0.3 is 6.18 Å². The Morgan fingerprint density at radius 3 is 2.50 bits per heavy atom. The summed E-state index contributed by atoms with van der Waals surface area (Å²) in [5, 5.41) is 10.1. The van der Waals surface area contributed by atoms with Crippen LogP contribution >= 0.6 is 0 Å². The number of aromatic hydroxyl groups is 1. The summed E-state index contributed by atoms with van der Waals surface area (Å²) in [6.45, 7) is 1.84. The summed E-state index contributed by atoms with van der Waals surface area (Å²) in [4.78, 5) is 3.90. The molecule has 0 saturated heterocycles. The summed E-state index contributed by atoms with van der Waals surface area (Å²) in [5.41, 5.74) is 1.32. The van der Waals surface area contributed by atoms with E-state index in [0.29, 0.717) is 16.5 Å². The Labute approximate surface area is 124 Å². The number of phenols is 1. The third-order valence-electron chi connectivity index (χ3n) is 3.59. The minimum Gasteiger partial charge on any atom is -0.508 e. The van der Waals surface area contributed by atoms with E-state index in [1.165, 1.54) is 12.3 Å². The Hall–Kier alpha value is -2.56. The zero-order valence-corrected chi connectivity index (χ0v) is 11.6. The fourth-order valence-corrected chi connectivity index (χ4v) is 2.54. The molecule has 5 heteroatoms. The first-order valence-electron chi connectivity index (χ1n) is 6.63. The van der Waals surface area contributed by atoms with Crippen LogP contribution in [0.15, 0.2) is 48.7 Å². The van der Waals surface area contributed by atoms with Crippen molar-refractivity contribution in [3.63, 3.8) is 0 Å². The first kappa shape index (κ1) is 14.4. The van der Waals surface area contributed by atoms with Gasteiger partial charge in [-0.25, -0.2) is 0 Å². The number of aryl methyl sites for hydroxylation is 1. The van der Waals surface area contributed by atoms with Crippen LogP contribution in [0.25, 0.3) is 22.0 Å². The number of hydrogen-bond acceptors (Lipinski definition) is 2. The van der Waals surface area contributed by atoms with Crippen molar-refractivity contribution >= 4 is 10.9 Å². The van der Waals surface area contributed by atoms with E-state index in [1.54, 1.807) is 30.3 Å². The van der Waals surface area contributed by atoms with E-state index in [-0.39, 0.29) is 11.3 Å². The fourth-order valence-electron chi connectivity index (χ4n) is 2.54. The normalized spacial score (nSPS) is 11.8. The van der Waals surface area contributed by atoms with E-state index >= 15 is 0 Å². The summed E-state index contributed by atoms with van der Waals surface area (Å²) in [7, 11) is 0. The number of fused-ring (bicyclic) bond motifs is 1. The van der Waals surface area contributed by atoms with Gasteiger partial charge in [-0.1, -0.05) is 18.2 Å². The monoisotopic (exact) mass is 303 g/mol. The molecule has 2 nitrogen and oxygen atoms in total. The first-order chi connectivity index (χ1) is 10.4. The molecule has 2 aromatic carbocycles. The average molecular weight is 303 g/mol. The minimum atomic E-state index is -4.46. The second-order valence-corrected chi connectivity index (χ2v) is 5.06. The van der Waals surface area contributed by atoms with Crippen molar-refractivity contribution in [2.75, 3.05) is 0 Å². The second kappa shape index (κ2) is 5.02. The predicted molar refractivity (Wildman–Crippen MR) is 78.6 cm³/mol. The molecule has 0 radical (unpaired) electrons. The topological polar surface area (TPSA) is 33.1 Å². The second-order valence-electron chi connectivity index (χ2n) is 5.06. The molecule has 3 rings (SSSR count). The number of phenolic OH excluding ortho intramolecular Hbond substituents is 1. The highest BCUT2D eigenvalue weighted by atomic mass is 19.4. The predicted octanol–water partition coefficient (Wildman–Crippen LogP) is 4.93. The molecular weight excluding hydrogens is 291 g/mol. The maximum absolute atomic E-state index is 13.1. The molecule has 0 unspecified atom stereocenters. The molecule has 22 heavy (non-hydrogen) atoms. The quantitative estimate of drug-likeness (QED) is 0.691. The van der Waals surface area contributed by atoms with Crippen LogP contribution in [0.5, 0.6) is 5.75 Å². The molecule has 0 aliphatic heterocycles. The molecule has 112 valence electrons. The van der Waals surface area contributed by atoms with Gasteiger partial charge in [-0.05, 0) is 47.9 Å². The molecular formula is C17H12F3NO. The zero-order valence-electron chi connectivity index (χ0n) is 11.6. The number of rotatable bonds is 1. The van der Waals surface area contributed by atoms with Crippen LogP contribution in [-0.2, 0) is 6.18 Å². The molecule has 0 amide bonds. The number of halogens is 3. The number of hydrogen-bond donors (Lipinski definition) is 1. The largest absolute Gasteiger partial charge is 0.508 e. The van der Waals surface area contributed by atoms with Gasteiger partial charge in [0.1, 0.15) is 5.75 Å². The van der Waals surface area contributed by atoms with Crippen LogP contribution in [0.4, 0.5) is 13.2 Å². The van der Waals surface area contributed by atoms with Crippen molar-refractivity contribution in [3.8, 4) is 16.9 Å². The number of pyridine rings is 1. The highest BCUT2D eigenvalue weighted by molar-refractivity contribution is 5.97. The number of alkyl halides is 3. The minimum absolute atomic E-state index is 0.0672. The molecule has 1 N–H and O–H groups in total. The van der Waals surface area contributed by atoms with Crippen molar-refractivity contribution in [3.05, 3.63) is 59.8 Å². The van der Waals surface area contributed by atoms with E-state index in [1.807, 2.05) is 6.92 Å². The highest BCUT2D eigenvalue weighted by Crippen LogP contribution is 2.38. The van der Waals surface area contributed by atoms with Gasteiger partial charge in [0.25, 0.3) is 0 Å². The molecule has 0 atom stereocenters. The molecule has 0 spiro atoms. The summed E-state index contributed by atoms with van der Waals surface area (Å²) in [6, 6.07) is 10.5. The Morgan fingerprint density at radius 2 is 1.77 bits per heavy atom. The third-order valence-corrected chi connectivity index (χ3v) is 3.59. The van der Waals surface area contributed by atoms with Crippen LogP contribution in [0.2, 0.25) is 0 Å². The first-order valence-corrected chi connectivity index (χ1v) is 6.63. The summed E-state index contributed by atoms with van der Waals surface area (Å²) < 4.78 is 39.3. The molecule has 1 aromatic heterocycles. The number of nitrogens with zero attached hydrogens (tertiary/aromatic N) is 1. The Kier molecular flexibility index (Phi) is 3.28. The molecule has 3 aromatic rings. The Bertz CT molecular complexity index is 856. The standard InChI is InChI=1S/C17H12F3NO/c1-10-5-6-11(22)9-14(10)12-7-8-21-16-13(12)3-2-4-15(16)17(18,19)20/h2-9,22H,1H3. The fraction of sp³-hybridized carbons (Fsp3) is 0.118. The summed E-state index contributed by atoms with van der Waals surface area (Å²) in [5.74, 6) is 0.0672. The lowest BCUT2D eigenvalue weighted by molar-refractivity contribution is -0.136. The van der Waals surface area contributed by atoms with Crippen LogP contribution < -0.4 is 0 Å². The SMILES string of the molecule is Cc1ccc(O)cc1-c1ccnc2c(C(F)(F)F)cccc12. The van der Waals surface area contributed by atoms with Crippen molar-refractivity contribution < 1.29 is 18.3 Å². The number of benzene rings is 2. The van der Waals surface area contributed by atoms with Crippen LogP contribution in [0.3, 0.4) is 0 Å². The van der Waals surface area contributed by atoms with Crippen molar-refractivity contribution in [1.29, 1.82) is 0 Å². The zero-order chi connectivity index (χ0) is 15.9. The van der Waals surface area contributed by atoms with Gasteiger partial charge in [-0.3, -0.25) is 4.98 Å². The van der Waals surface area contributed by atoms with Gasteiger partial charge in [0, 0.05) is 11.6 Å². The number of aromatic nitrogens is 1. The molecule has 1 heterocycles. The van der Waals surface area contributed by atoms with Crippen molar-refractivity contribution in [2.24, 2.45) is 0 Å². The summed E-state index contributed by atoms with van der Waals surface area (Å²) >= 11 is 0. The van der Waals surface area contributed by atoms with Gasteiger partial charge in [0.15, 0.2) is 0 Å². The highest BCUT2D eigenvalue weighted by Gasteiger charge is 2.33. The molecule has 0 fully saturated rings. The van der Waals surface area contributed by atoms with E-state index in [2.05, 4.69) is 4.98 Å². The third kappa shape index (κ3) is 2.39. The smallest absolute Gasteiger partial charge is 0.418 e.